The molecule has 0 aliphatic carbocycles. The van der Waals surface area contributed by atoms with Crippen LogP contribution in [0, 0.1) is 5.82 Å². The van der Waals surface area contributed by atoms with Gasteiger partial charge in [-0.3, -0.25) is 9.79 Å². The number of halogens is 2. The average molecular weight is 486 g/mol. The molecule has 0 saturated carbocycles. The molecule has 2 rings (SSSR count). The van der Waals surface area contributed by atoms with E-state index in [-0.39, 0.29) is 48.3 Å². The van der Waals surface area contributed by atoms with Crippen molar-refractivity contribution in [2.45, 2.75) is 13.0 Å². The maximum atomic E-state index is 13.2. The fourth-order valence-corrected chi connectivity index (χ4v) is 2.17. The monoisotopic (exact) mass is 486 g/mol. The summed E-state index contributed by atoms with van der Waals surface area (Å²) in [5.41, 5.74) is 0.736. The minimum atomic E-state index is -0.343. The topological polar surface area (TPSA) is 74.8 Å². The first kappa shape index (κ1) is 22.7. The van der Waals surface area contributed by atoms with Gasteiger partial charge in [-0.15, -0.1) is 24.0 Å². The van der Waals surface area contributed by atoms with Crippen molar-refractivity contribution in [1.29, 1.82) is 0 Å². The first-order chi connectivity index (χ1) is 12.6. The molecule has 0 fully saturated rings. The molecule has 0 aliphatic rings. The third-order valence-corrected chi connectivity index (χ3v) is 3.39. The Labute approximate surface area is 175 Å². The van der Waals surface area contributed by atoms with Gasteiger partial charge in [0.25, 0.3) is 0 Å². The summed E-state index contributed by atoms with van der Waals surface area (Å²) in [5.74, 6) is 0.417. The van der Waals surface area contributed by atoms with Crippen molar-refractivity contribution in [3.05, 3.63) is 60.4 Å². The highest BCUT2D eigenvalue weighted by Crippen LogP contribution is 2.13. The lowest BCUT2D eigenvalue weighted by atomic mass is 10.3. The Hall–Kier alpha value is -2.36. The molecule has 0 radical (unpaired) electrons. The fourth-order valence-electron chi connectivity index (χ4n) is 2.17. The highest BCUT2D eigenvalue weighted by atomic mass is 127. The molecule has 2 aromatic carbocycles. The number of hydrogen-bond donors (Lipinski definition) is 3. The molecule has 1 atom stereocenters. The molecule has 1 amide bonds. The van der Waals surface area contributed by atoms with Gasteiger partial charge in [0, 0.05) is 18.8 Å². The number of benzene rings is 2. The van der Waals surface area contributed by atoms with E-state index < -0.39 is 0 Å². The summed E-state index contributed by atoms with van der Waals surface area (Å²) < 4.78 is 18.8. The van der Waals surface area contributed by atoms with E-state index in [4.69, 9.17) is 4.74 Å². The number of amides is 1. The number of carbonyl (C=O) groups excluding carboxylic acids is 1. The van der Waals surface area contributed by atoms with Crippen molar-refractivity contribution in [2.24, 2.45) is 4.99 Å². The second-order valence-corrected chi connectivity index (χ2v) is 5.61. The van der Waals surface area contributed by atoms with Crippen LogP contribution in [-0.4, -0.2) is 38.1 Å². The van der Waals surface area contributed by atoms with Crippen molar-refractivity contribution in [3.8, 4) is 5.75 Å². The average Bonchev–Trinajstić information content (AvgIpc) is 2.62. The van der Waals surface area contributed by atoms with Crippen LogP contribution in [0.15, 0.2) is 59.6 Å². The maximum absolute atomic E-state index is 13.2. The van der Waals surface area contributed by atoms with E-state index >= 15 is 0 Å². The van der Waals surface area contributed by atoms with Gasteiger partial charge in [-0.2, -0.15) is 0 Å². The summed E-state index contributed by atoms with van der Waals surface area (Å²) in [5, 5.41) is 8.77. The molecule has 2 aromatic rings. The molecule has 0 heterocycles. The molecule has 27 heavy (non-hydrogen) atoms. The minimum Gasteiger partial charge on any atom is -0.489 e. The van der Waals surface area contributed by atoms with E-state index in [1.54, 1.807) is 19.2 Å². The first-order valence-electron chi connectivity index (χ1n) is 8.28. The van der Waals surface area contributed by atoms with Gasteiger partial charge in [-0.1, -0.05) is 24.3 Å². The van der Waals surface area contributed by atoms with Crippen molar-refractivity contribution in [1.82, 2.24) is 10.6 Å². The molecular weight excluding hydrogens is 462 g/mol. The van der Waals surface area contributed by atoms with Gasteiger partial charge in [-0.05, 0) is 31.2 Å². The normalized spacial score (nSPS) is 11.7. The van der Waals surface area contributed by atoms with Crippen LogP contribution < -0.4 is 20.7 Å². The maximum Gasteiger partial charge on any atom is 0.243 e. The summed E-state index contributed by atoms with van der Waals surface area (Å²) in [6.45, 7) is 2.37. The smallest absolute Gasteiger partial charge is 0.243 e. The van der Waals surface area contributed by atoms with Crippen molar-refractivity contribution >= 4 is 41.5 Å². The minimum absolute atomic E-state index is 0. The molecule has 1 unspecified atom stereocenters. The number of carbonyl (C=O) groups is 1. The Balaban J connectivity index is 0.00000364. The van der Waals surface area contributed by atoms with Gasteiger partial charge in [0.15, 0.2) is 5.96 Å². The van der Waals surface area contributed by atoms with Gasteiger partial charge in [0.05, 0.1) is 13.1 Å². The Bertz CT molecular complexity index is 743. The van der Waals surface area contributed by atoms with Crippen LogP contribution in [0.5, 0.6) is 5.75 Å². The van der Waals surface area contributed by atoms with Crippen LogP contribution in [0.1, 0.15) is 6.92 Å². The van der Waals surface area contributed by atoms with E-state index in [2.05, 4.69) is 20.9 Å². The first-order valence-corrected chi connectivity index (χ1v) is 8.28. The highest BCUT2D eigenvalue weighted by Gasteiger charge is 2.08. The van der Waals surface area contributed by atoms with E-state index in [9.17, 15) is 9.18 Å². The molecule has 3 N–H and O–H groups in total. The lowest BCUT2D eigenvalue weighted by molar-refractivity contribution is -0.115. The van der Waals surface area contributed by atoms with E-state index in [0.29, 0.717) is 18.3 Å². The van der Waals surface area contributed by atoms with Crippen LogP contribution in [0.25, 0.3) is 0 Å². The number of aliphatic imine (C=N–C) groups is 1. The summed E-state index contributed by atoms with van der Waals surface area (Å²) in [4.78, 5) is 16.0. The zero-order valence-electron chi connectivity index (χ0n) is 15.2. The Kier molecular flexibility index (Phi) is 10.2. The van der Waals surface area contributed by atoms with E-state index in [1.165, 1.54) is 12.1 Å². The summed E-state index contributed by atoms with van der Waals surface area (Å²) in [7, 11) is 1.61. The number of ether oxygens (including phenoxy) is 1. The van der Waals surface area contributed by atoms with E-state index in [1.807, 2.05) is 37.3 Å². The molecule has 8 heteroatoms. The van der Waals surface area contributed by atoms with Gasteiger partial charge < -0.3 is 20.7 Å². The number of rotatable bonds is 7. The number of para-hydroxylation sites is 1. The number of hydrogen-bond acceptors (Lipinski definition) is 3. The largest absolute Gasteiger partial charge is 0.489 e. The Morgan fingerprint density at radius 2 is 1.89 bits per heavy atom. The zero-order chi connectivity index (χ0) is 18.8. The van der Waals surface area contributed by atoms with Crippen LogP contribution in [0.4, 0.5) is 10.1 Å². The zero-order valence-corrected chi connectivity index (χ0v) is 17.6. The standard InChI is InChI=1S/C19H23FN4O2.HI/c1-14(26-17-10-6-7-15(20)11-17)12-22-19(21-2)23-13-18(25)24-16-8-4-3-5-9-16;/h3-11,14H,12-13H2,1-2H3,(H,24,25)(H2,21,22,23);1H. The second kappa shape index (κ2) is 12.1. The number of nitrogens with one attached hydrogen (secondary N) is 3. The molecule has 146 valence electrons. The lowest BCUT2D eigenvalue weighted by Gasteiger charge is -2.17. The molecule has 0 saturated heterocycles. The van der Waals surface area contributed by atoms with Crippen LogP contribution >= 0.6 is 24.0 Å². The molecular formula is C19H24FIN4O2. The lowest BCUT2D eigenvalue weighted by Crippen LogP contribution is -2.44. The predicted molar refractivity (Wildman–Crippen MR) is 116 cm³/mol. The van der Waals surface area contributed by atoms with Crippen LogP contribution in [0.3, 0.4) is 0 Å². The van der Waals surface area contributed by atoms with E-state index in [0.717, 1.165) is 5.69 Å². The molecule has 0 aromatic heterocycles. The quantitative estimate of drug-likeness (QED) is 0.320. The molecule has 6 nitrogen and oxygen atoms in total. The van der Waals surface area contributed by atoms with Gasteiger partial charge in [-0.25, -0.2) is 4.39 Å². The van der Waals surface area contributed by atoms with Crippen molar-refractivity contribution < 1.29 is 13.9 Å². The van der Waals surface area contributed by atoms with Gasteiger partial charge in [0.1, 0.15) is 17.7 Å². The molecule has 0 spiro atoms. The number of guanidine groups is 1. The summed E-state index contributed by atoms with van der Waals surface area (Å²) >= 11 is 0. The molecule has 0 aliphatic heterocycles. The second-order valence-electron chi connectivity index (χ2n) is 5.61. The SMILES string of the molecule is CN=C(NCC(=O)Nc1ccccc1)NCC(C)Oc1cccc(F)c1.I. The molecule has 0 bridgehead atoms. The van der Waals surface area contributed by atoms with Crippen molar-refractivity contribution in [3.63, 3.8) is 0 Å². The summed E-state index contributed by atoms with van der Waals surface area (Å²) in [6, 6.07) is 15.2. The van der Waals surface area contributed by atoms with Gasteiger partial charge in [0.2, 0.25) is 5.91 Å². The van der Waals surface area contributed by atoms with Crippen molar-refractivity contribution in [2.75, 3.05) is 25.5 Å². The number of anilines is 1. The third-order valence-electron chi connectivity index (χ3n) is 3.39. The fraction of sp³-hybridized carbons (Fsp3) is 0.263. The highest BCUT2D eigenvalue weighted by molar-refractivity contribution is 14.0. The third kappa shape index (κ3) is 8.72. The predicted octanol–water partition coefficient (Wildman–Crippen LogP) is 3.01. The number of nitrogens with zero attached hydrogens (tertiary/aromatic N) is 1. The Morgan fingerprint density at radius 3 is 2.56 bits per heavy atom. The van der Waals surface area contributed by atoms with Gasteiger partial charge >= 0.3 is 0 Å². The van der Waals surface area contributed by atoms with Crippen LogP contribution in [0.2, 0.25) is 0 Å². The Morgan fingerprint density at radius 1 is 1.15 bits per heavy atom. The van der Waals surface area contributed by atoms with Crippen LogP contribution in [-0.2, 0) is 4.79 Å². The summed E-state index contributed by atoms with van der Waals surface area (Å²) in [6.07, 6.45) is -0.214.